The SMILES string of the molecule is Cc1[nH]c(C(=O)O)c(C)c1S(=O)(=O)NC1C=CS(=O)(=O)C1. The first-order valence-corrected chi connectivity index (χ1v) is 9.09. The van der Waals surface area contributed by atoms with Gasteiger partial charge in [0.1, 0.15) is 10.6 Å². The van der Waals surface area contributed by atoms with Crippen LogP contribution in [0, 0.1) is 13.8 Å². The Labute approximate surface area is 121 Å². The van der Waals surface area contributed by atoms with Crippen molar-refractivity contribution in [2.45, 2.75) is 24.8 Å². The molecule has 0 aliphatic carbocycles. The zero-order valence-corrected chi connectivity index (χ0v) is 12.9. The standard InChI is InChI=1S/C11H14N2O6S2/c1-6-9(11(14)15)12-7(2)10(6)21(18,19)13-8-3-4-20(16,17)5-8/h3-4,8,12-13H,5H2,1-2H3,(H,14,15). The highest BCUT2D eigenvalue weighted by Gasteiger charge is 2.31. The number of carbonyl (C=O) groups is 1. The van der Waals surface area contributed by atoms with Gasteiger partial charge in [-0.25, -0.2) is 26.4 Å². The molecule has 3 N–H and O–H groups in total. The number of aromatic nitrogens is 1. The van der Waals surface area contributed by atoms with E-state index in [1.54, 1.807) is 0 Å². The van der Waals surface area contributed by atoms with Gasteiger partial charge in [-0.15, -0.1) is 0 Å². The van der Waals surface area contributed by atoms with Crippen molar-refractivity contribution >= 4 is 25.8 Å². The highest BCUT2D eigenvalue weighted by molar-refractivity contribution is 7.94. The molecule has 2 heterocycles. The van der Waals surface area contributed by atoms with Crippen LogP contribution in [0.3, 0.4) is 0 Å². The summed E-state index contributed by atoms with van der Waals surface area (Å²) in [5.41, 5.74) is 0.0574. The fourth-order valence-electron chi connectivity index (χ4n) is 2.26. The van der Waals surface area contributed by atoms with E-state index in [1.807, 2.05) is 0 Å². The summed E-state index contributed by atoms with van der Waals surface area (Å²) in [6, 6.07) is -0.859. The average Bonchev–Trinajstić information content (AvgIpc) is 2.78. The van der Waals surface area contributed by atoms with Crippen LogP contribution < -0.4 is 4.72 Å². The minimum Gasteiger partial charge on any atom is -0.477 e. The number of hydrogen-bond acceptors (Lipinski definition) is 5. The van der Waals surface area contributed by atoms with Gasteiger partial charge in [-0.2, -0.15) is 0 Å². The summed E-state index contributed by atoms with van der Waals surface area (Å²) in [4.78, 5) is 13.3. The second-order valence-corrected chi connectivity index (χ2v) is 8.35. The summed E-state index contributed by atoms with van der Waals surface area (Å²) in [7, 11) is -7.42. The van der Waals surface area contributed by atoms with Crippen molar-refractivity contribution in [1.82, 2.24) is 9.71 Å². The molecular weight excluding hydrogens is 320 g/mol. The van der Waals surface area contributed by atoms with E-state index in [-0.39, 0.29) is 27.6 Å². The molecule has 1 aliphatic heterocycles. The molecule has 10 heteroatoms. The van der Waals surface area contributed by atoms with Crippen LogP contribution >= 0.6 is 0 Å². The Morgan fingerprint density at radius 3 is 2.48 bits per heavy atom. The summed E-state index contributed by atoms with van der Waals surface area (Å²) in [6.45, 7) is 2.82. The Balaban J connectivity index is 2.38. The molecule has 1 aliphatic rings. The van der Waals surface area contributed by atoms with Gasteiger partial charge in [0.25, 0.3) is 0 Å². The van der Waals surface area contributed by atoms with Crippen LogP contribution in [0.4, 0.5) is 0 Å². The molecule has 1 aromatic heterocycles. The van der Waals surface area contributed by atoms with Gasteiger partial charge in [0.15, 0.2) is 9.84 Å². The molecule has 0 aromatic carbocycles. The third kappa shape index (κ3) is 3.01. The van der Waals surface area contributed by atoms with E-state index < -0.39 is 31.9 Å². The third-order valence-corrected chi connectivity index (χ3v) is 6.25. The fourth-order valence-corrected chi connectivity index (χ4v) is 5.24. The summed E-state index contributed by atoms with van der Waals surface area (Å²) >= 11 is 0. The highest BCUT2D eigenvalue weighted by atomic mass is 32.2. The Kier molecular flexibility index (Phi) is 3.72. The van der Waals surface area contributed by atoms with Crippen LogP contribution in [0.2, 0.25) is 0 Å². The van der Waals surface area contributed by atoms with Gasteiger partial charge in [0, 0.05) is 16.7 Å². The molecule has 1 unspecified atom stereocenters. The minimum absolute atomic E-state index is 0.0809. The lowest BCUT2D eigenvalue weighted by Gasteiger charge is -2.11. The van der Waals surface area contributed by atoms with Crippen molar-refractivity contribution in [2.75, 3.05) is 5.75 Å². The van der Waals surface area contributed by atoms with E-state index in [9.17, 15) is 21.6 Å². The van der Waals surface area contributed by atoms with E-state index in [0.717, 1.165) is 5.41 Å². The van der Waals surface area contributed by atoms with Crippen LogP contribution in [-0.4, -0.2) is 44.7 Å². The van der Waals surface area contributed by atoms with Gasteiger partial charge < -0.3 is 10.1 Å². The number of carboxylic acids is 1. The van der Waals surface area contributed by atoms with Gasteiger partial charge in [0.2, 0.25) is 10.0 Å². The Hall–Kier alpha value is -1.65. The van der Waals surface area contributed by atoms with Crippen molar-refractivity contribution in [3.8, 4) is 0 Å². The summed E-state index contributed by atoms with van der Waals surface area (Å²) in [5, 5.41) is 9.94. The van der Waals surface area contributed by atoms with Crippen LogP contribution in [0.5, 0.6) is 0 Å². The van der Waals surface area contributed by atoms with Crippen molar-refractivity contribution in [3.63, 3.8) is 0 Å². The summed E-state index contributed by atoms with van der Waals surface area (Å²) in [6.07, 6.45) is 1.25. The monoisotopic (exact) mass is 334 g/mol. The molecule has 2 rings (SSSR count). The number of sulfonamides is 1. The van der Waals surface area contributed by atoms with Crippen LogP contribution in [0.25, 0.3) is 0 Å². The zero-order valence-electron chi connectivity index (χ0n) is 11.2. The summed E-state index contributed by atoms with van der Waals surface area (Å²) in [5.74, 6) is -1.61. The second kappa shape index (κ2) is 4.97. The summed E-state index contributed by atoms with van der Waals surface area (Å²) < 4.78 is 49.5. The molecule has 8 nitrogen and oxygen atoms in total. The van der Waals surface area contributed by atoms with Crippen LogP contribution in [-0.2, 0) is 19.9 Å². The smallest absolute Gasteiger partial charge is 0.352 e. The van der Waals surface area contributed by atoms with E-state index in [0.29, 0.717) is 0 Å². The Morgan fingerprint density at radius 1 is 1.43 bits per heavy atom. The largest absolute Gasteiger partial charge is 0.477 e. The lowest BCUT2D eigenvalue weighted by Crippen LogP contribution is -2.35. The maximum absolute atomic E-state index is 12.3. The quantitative estimate of drug-likeness (QED) is 0.705. The topological polar surface area (TPSA) is 133 Å². The van der Waals surface area contributed by atoms with E-state index in [1.165, 1.54) is 19.9 Å². The van der Waals surface area contributed by atoms with Gasteiger partial charge >= 0.3 is 5.97 Å². The van der Waals surface area contributed by atoms with Crippen LogP contribution in [0.1, 0.15) is 21.7 Å². The van der Waals surface area contributed by atoms with Crippen molar-refractivity contribution in [1.29, 1.82) is 0 Å². The van der Waals surface area contributed by atoms with Crippen molar-refractivity contribution in [2.24, 2.45) is 0 Å². The number of sulfone groups is 1. The zero-order chi connectivity index (χ0) is 16.0. The van der Waals surface area contributed by atoms with E-state index in [4.69, 9.17) is 5.11 Å². The molecular formula is C11H14N2O6S2. The fraction of sp³-hybridized carbons (Fsp3) is 0.364. The molecule has 0 fully saturated rings. The number of aryl methyl sites for hydroxylation is 1. The van der Waals surface area contributed by atoms with Crippen LogP contribution in [0.15, 0.2) is 16.4 Å². The van der Waals surface area contributed by atoms with E-state index >= 15 is 0 Å². The lowest BCUT2D eigenvalue weighted by molar-refractivity contribution is 0.0690. The maximum Gasteiger partial charge on any atom is 0.352 e. The lowest BCUT2D eigenvalue weighted by atomic mass is 10.2. The predicted octanol–water partition coefficient (Wildman–Crippen LogP) is -0.0813. The molecule has 116 valence electrons. The molecule has 0 saturated heterocycles. The number of aromatic carboxylic acids is 1. The van der Waals surface area contributed by atoms with Crippen molar-refractivity contribution in [3.05, 3.63) is 28.4 Å². The van der Waals surface area contributed by atoms with Gasteiger partial charge in [-0.3, -0.25) is 0 Å². The normalized spacial score (nSPS) is 20.8. The average molecular weight is 334 g/mol. The van der Waals surface area contributed by atoms with Gasteiger partial charge in [-0.05, 0) is 13.8 Å². The number of H-pyrrole nitrogens is 1. The highest BCUT2D eigenvalue weighted by Crippen LogP contribution is 2.24. The first-order chi connectivity index (χ1) is 9.53. The minimum atomic E-state index is -4.03. The third-order valence-electron chi connectivity index (χ3n) is 3.09. The molecule has 0 radical (unpaired) electrons. The van der Waals surface area contributed by atoms with E-state index in [2.05, 4.69) is 9.71 Å². The molecule has 0 spiro atoms. The Morgan fingerprint density at radius 2 is 2.05 bits per heavy atom. The molecule has 21 heavy (non-hydrogen) atoms. The predicted molar refractivity (Wildman–Crippen MR) is 74.3 cm³/mol. The molecule has 1 aromatic rings. The first kappa shape index (κ1) is 15.7. The van der Waals surface area contributed by atoms with Gasteiger partial charge in [-0.1, -0.05) is 6.08 Å². The second-order valence-electron chi connectivity index (χ2n) is 4.77. The number of rotatable bonds is 4. The number of carboxylic acid groups (broad SMARTS) is 1. The molecule has 0 bridgehead atoms. The Bertz CT molecular complexity index is 832. The van der Waals surface area contributed by atoms with Gasteiger partial charge in [0.05, 0.1) is 11.8 Å². The molecule has 0 saturated carbocycles. The first-order valence-electron chi connectivity index (χ1n) is 5.89. The number of aromatic amines is 1. The molecule has 0 amide bonds. The van der Waals surface area contributed by atoms with Crippen molar-refractivity contribution < 1.29 is 26.7 Å². The maximum atomic E-state index is 12.3. The number of hydrogen-bond donors (Lipinski definition) is 3. The number of nitrogens with one attached hydrogen (secondary N) is 2. The molecule has 1 atom stereocenters.